The number of hydrogen-bond acceptors (Lipinski definition) is 6. The van der Waals surface area contributed by atoms with Crippen LogP contribution < -0.4 is 10.1 Å². The number of amides is 1. The van der Waals surface area contributed by atoms with Crippen molar-refractivity contribution >= 4 is 23.4 Å². The number of methoxy groups -OCH3 is 1. The Bertz CT molecular complexity index is 1000. The normalized spacial score (nSPS) is 15.1. The lowest BCUT2D eigenvalue weighted by atomic mass is 10.1. The van der Waals surface area contributed by atoms with E-state index in [1.807, 2.05) is 60.1 Å². The molecule has 1 N–H and O–H groups in total. The van der Waals surface area contributed by atoms with Gasteiger partial charge in [0.2, 0.25) is 11.1 Å². The molecule has 1 atom stereocenters. The molecule has 1 aliphatic rings. The van der Waals surface area contributed by atoms with Gasteiger partial charge in [-0.15, -0.1) is 5.10 Å². The third kappa shape index (κ3) is 4.48. The monoisotopic (exact) mass is 423 g/mol. The van der Waals surface area contributed by atoms with Crippen LogP contribution in [0.25, 0.3) is 0 Å². The van der Waals surface area contributed by atoms with Gasteiger partial charge in [0.05, 0.1) is 18.8 Å². The van der Waals surface area contributed by atoms with Gasteiger partial charge in [0.1, 0.15) is 11.0 Å². The fraction of sp³-hybridized carbons (Fsp3) is 0.364. The van der Waals surface area contributed by atoms with Crippen LogP contribution >= 0.6 is 11.8 Å². The van der Waals surface area contributed by atoms with Crippen molar-refractivity contribution in [3.8, 4) is 5.75 Å². The zero-order valence-corrected chi connectivity index (χ0v) is 17.9. The van der Waals surface area contributed by atoms with E-state index in [-0.39, 0.29) is 5.91 Å². The molecule has 0 aliphatic heterocycles. The van der Waals surface area contributed by atoms with Crippen molar-refractivity contribution in [3.05, 3.63) is 59.7 Å². The van der Waals surface area contributed by atoms with E-state index in [1.54, 1.807) is 7.11 Å². The summed E-state index contributed by atoms with van der Waals surface area (Å²) >= 11 is 1.38. The molecule has 1 heterocycles. The number of nitrogens with zero attached hydrogens (tertiary/aromatic N) is 4. The smallest absolute Gasteiger partial charge is 0.242 e. The zero-order chi connectivity index (χ0) is 20.9. The Balaban J connectivity index is 1.62. The summed E-state index contributed by atoms with van der Waals surface area (Å²) in [5.41, 5.74) is 2.59. The van der Waals surface area contributed by atoms with Gasteiger partial charge in [0.15, 0.2) is 0 Å². The van der Waals surface area contributed by atoms with Crippen molar-refractivity contribution in [1.29, 1.82) is 0 Å². The maximum Gasteiger partial charge on any atom is 0.242 e. The maximum absolute atomic E-state index is 13.4. The number of rotatable bonds is 7. The van der Waals surface area contributed by atoms with Crippen LogP contribution in [0.1, 0.15) is 48.1 Å². The van der Waals surface area contributed by atoms with Crippen molar-refractivity contribution in [2.24, 2.45) is 0 Å². The van der Waals surface area contributed by atoms with E-state index in [0.717, 1.165) is 24.0 Å². The molecule has 1 amide bonds. The molecule has 2 aromatic carbocycles. The van der Waals surface area contributed by atoms with E-state index >= 15 is 0 Å². The summed E-state index contributed by atoms with van der Waals surface area (Å²) in [4.78, 5) is 13.4. The molecule has 7 nitrogen and oxygen atoms in total. The second kappa shape index (κ2) is 9.30. The van der Waals surface area contributed by atoms with Crippen molar-refractivity contribution < 1.29 is 9.53 Å². The predicted octanol–water partition coefficient (Wildman–Crippen LogP) is 4.58. The highest BCUT2D eigenvalue weighted by Crippen LogP contribution is 2.39. The largest absolute Gasteiger partial charge is 0.495 e. The third-order valence-electron chi connectivity index (χ3n) is 5.31. The average Bonchev–Trinajstić information content (AvgIpc) is 3.44. The number of carbonyl (C=O) groups is 1. The van der Waals surface area contributed by atoms with Gasteiger partial charge in [-0.05, 0) is 53.5 Å². The Kier molecular flexibility index (Phi) is 6.32. The Morgan fingerprint density at radius 1 is 1.20 bits per heavy atom. The van der Waals surface area contributed by atoms with Crippen LogP contribution in [0, 0.1) is 6.92 Å². The minimum atomic E-state index is -0.498. The summed E-state index contributed by atoms with van der Waals surface area (Å²) in [6, 6.07) is 15.7. The standard InChI is InChI=1S/C22H25N5O2S/c1-15-12-13-19(29-2)18(14-15)23-21(28)20(16-8-4-3-5-9-16)30-22-24-25-26-27(22)17-10-6-7-11-17/h3-5,8-9,12-14,17,20H,6-7,10-11H2,1-2H3,(H,23,28)/t20-/m0/s1. The van der Waals surface area contributed by atoms with Gasteiger partial charge in [-0.2, -0.15) is 0 Å². The van der Waals surface area contributed by atoms with E-state index in [0.29, 0.717) is 22.6 Å². The first-order valence-corrected chi connectivity index (χ1v) is 11.0. The molecule has 0 bridgehead atoms. The lowest BCUT2D eigenvalue weighted by Crippen LogP contribution is -2.20. The Morgan fingerprint density at radius 3 is 2.70 bits per heavy atom. The molecule has 8 heteroatoms. The minimum absolute atomic E-state index is 0.143. The number of carbonyl (C=O) groups excluding carboxylic acids is 1. The van der Waals surface area contributed by atoms with E-state index in [2.05, 4.69) is 20.8 Å². The van der Waals surface area contributed by atoms with Crippen molar-refractivity contribution in [2.45, 2.75) is 49.1 Å². The molecule has 30 heavy (non-hydrogen) atoms. The molecular weight excluding hydrogens is 398 g/mol. The molecule has 0 saturated heterocycles. The van der Waals surface area contributed by atoms with Gasteiger partial charge in [-0.25, -0.2) is 4.68 Å². The lowest BCUT2D eigenvalue weighted by molar-refractivity contribution is -0.115. The number of nitrogens with one attached hydrogen (secondary N) is 1. The fourth-order valence-corrected chi connectivity index (χ4v) is 4.81. The number of aryl methyl sites for hydroxylation is 1. The molecule has 1 aliphatic carbocycles. The summed E-state index contributed by atoms with van der Waals surface area (Å²) < 4.78 is 7.30. The second-order valence-electron chi connectivity index (χ2n) is 7.45. The molecule has 0 radical (unpaired) electrons. The third-order valence-corrected chi connectivity index (χ3v) is 6.51. The predicted molar refractivity (Wildman–Crippen MR) is 117 cm³/mol. The maximum atomic E-state index is 13.4. The number of aromatic nitrogens is 4. The Morgan fingerprint density at radius 2 is 1.97 bits per heavy atom. The average molecular weight is 424 g/mol. The SMILES string of the molecule is COc1ccc(C)cc1NC(=O)[C@@H](Sc1nnnn1C1CCCC1)c1ccccc1. The van der Waals surface area contributed by atoms with E-state index < -0.39 is 5.25 Å². The van der Waals surface area contributed by atoms with Crippen LogP contribution in [-0.2, 0) is 4.79 Å². The number of benzene rings is 2. The number of tetrazole rings is 1. The fourth-order valence-electron chi connectivity index (χ4n) is 3.77. The Labute approximate surface area is 180 Å². The molecule has 3 aromatic rings. The van der Waals surface area contributed by atoms with Gasteiger partial charge >= 0.3 is 0 Å². The van der Waals surface area contributed by atoms with Crippen LogP contribution in [-0.4, -0.2) is 33.2 Å². The lowest BCUT2D eigenvalue weighted by Gasteiger charge is -2.19. The van der Waals surface area contributed by atoms with Crippen LogP contribution in [0.3, 0.4) is 0 Å². The summed E-state index contributed by atoms with van der Waals surface area (Å²) in [5, 5.41) is 15.5. The molecule has 1 aromatic heterocycles. The van der Waals surface area contributed by atoms with Crippen LogP contribution in [0.15, 0.2) is 53.7 Å². The Hall–Kier alpha value is -2.87. The zero-order valence-electron chi connectivity index (χ0n) is 17.1. The molecular formula is C22H25N5O2S. The summed E-state index contributed by atoms with van der Waals surface area (Å²) in [5.74, 6) is 0.484. The number of ether oxygens (including phenoxy) is 1. The highest BCUT2D eigenvalue weighted by molar-refractivity contribution is 8.00. The van der Waals surface area contributed by atoms with E-state index in [1.165, 1.54) is 24.6 Å². The molecule has 4 rings (SSSR count). The van der Waals surface area contributed by atoms with Crippen molar-refractivity contribution in [1.82, 2.24) is 20.2 Å². The minimum Gasteiger partial charge on any atom is -0.495 e. The van der Waals surface area contributed by atoms with Crippen molar-refractivity contribution in [3.63, 3.8) is 0 Å². The van der Waals surface area contributed by atoms with Gasteiger partial charge in [0.25, 0.3) is 0 Å². The van der Waals surface area contributed by atoms with Crippen LogP contribution in [0.2, 0.25) is 0 Å². The number of thioether (sulfide) groups is 1. The molecule has 1 saturated carbocycles. The van der Waals surface area contributed by atoms with E-state index in [9.17, 15) is 4.79 Å². The van der Waals surface area contributed by atoms with Crippen LogP contribution in [0.4, 0.5) is 5.69 Å². The summed E-state index contributed by atoms with van der Waals surface area (Å²) in [6.45, 7) is 1.98. The quantitative estimate of drug-likeness (QED) is 0.560. The van der Waals surface area contributed by atoms with Gasteiger partial charge < -0.3 is 10.1 Å². The molecule has 0 spiro atoms. The first-order valence-electron chi connectivity index (χ1n) is 10.1. The second-order valence-corrected chi connectivity index (χ2v) is 8.52. The van der Waals surface area contributed by atoms with Crippen molar-refractivity contribution in [2.75, 3.05) is 12.4 Å². The molecule has 0 unspecified atom stereocenters. The van der Waals surface area contributed by atoms with E-state index in [4.69, 9.17) is 4.74 Å². The summed E-state index contributed by atoms with van der Waals surface area (Å²) in [7, 11) is 1.60. The highest BCUT2D eigenvalue weighted by atomic mass is 32.2. The first kappa shape index (κ1) is 20.4. The van der Waals surface area contributed by atoms with Gasteiger partial charge in [0, 0.05) is 0 Å². The first-order chi connectivity index (χ1) is 14.7. The highest BCUT2D eigenvalue weighted by Gasteiger charge is 2.28. The number of hydrogen-bond donors (Lipinski definition) is 1. The molecule has 1 fully saturated rings. The van der Waals surface area contributed by atoms with Gasteiger partial charge in [-0.1, -0.05) is 61.0 Å². The topological polar surface area (TPSA) is 81.9 Å². The van der Waals surface area contributed by atoms with Gasteiger partial charge in [-0.3, -0.25) is 4.79 Å². The summed E-state index contributed by atoms with van der Waals surface area (Å²) in [6.07, 6.45) is 4.51. The molecule has 156 valence electrons. The number of anilines is 1. The van der Waals surface area contributed by atoms with Crippen LogP contribution in [0.5, 0.6) is 5.75 Å².